The molecule has 0 atom stereocenters. The number of ether oxygens (including phenoxy) is 1. The summed E-state index contributed by atoms with van der Waals surface area (Å²) in [7, 11) is 0. The number of nitrogens with zero attached hydrogens (tertiary/aromatic N) is 2. The molecule has 0 aliphatic heterocycles. The monoisotopic (exact) mass is 266 g/mol. The van der Waals surface area contributed by atoms with Crippen LogP contribution in [0.5, 0.6) is 11.1 Å². The molecule has 0 saturated heterocycles. The van der Waals surface area contributed by atoms with Crippen LogP contribution in [-0.4, -0.2) is 10.1 Å². The number of benzene rings is 1. The van der Waals surface area contributed by atoms with Crippen LogP contribution in [0, 0.1) is 11.3 Å². The summed E-state index contributed by atoms with van der Waals surface area (Å²) in [6, 6.07) is 9.03. The normalized spacial score (nSPS) is 9.88. The summed E-state index contributed by atoms with van der Waals surface area (Å²) in [6.07, 6.45) is 0. The highest BCUT2D eigenvalue weighted by atomic mass is 35.5. The Balaban J connectivity index is 2.02. The van der Waals surface area contributed by atoms with Crippen molar-refractivity contribution in [2.45, 2.75) is 6.61 Å². The molecule has 4 nitrogen and oxygen atoms in total. The van der Waals surface area contributed by atoms with Gasteiger partial charge in [0.15, 0.2) is 4.88 Å². The van der Waals surface area contributed by atoms with Gasteiger partial charge in [-0.15, -0.1) is 0 Å². The Morgan fingerprint density at radius 3 is 2.71 bits per heavy atom. The average molecular weight is 267 g/mol. The van der Waals surface area contributed by atoms with Crippen molar-refractivity contribution in [2.75, 3.05) is 0 Å². The number of rotatable bonds is 3. The zero-order valence-electron chi connectivity index (χ0n) is 8.55. The third-order valence-corrected chi connectivity index (χ3v) is 3.08. The molecule has 0 saturated carbocycles. The number of halogens is 1. The van der Waals surface area contributed by atoms with E-state index < -0.39 is 0 Å². The SMILES string of the molecule is N#Cc1sc(OCc2ccc(Cl)cc2)nc1O. The van der Waals surface area contributed by atoms with Crippen LogP contribution in [0.25, 0.3) is 0 Å². The average Bonchev–Trinajstić information content (AvgIpc) is 2.69. The number of aromatic hydroxyl groups is 1. The Bertz CT molecular complexity index is 560. The van der Waals surface area contributed by atoms with Gasteiger partial charge in [-0.2, -0.15) is 10.2 Å². The lowest BCUT2D eigenvalue weighted by Gasteiger charge is -2.01. The van der Waals surface area contributed by atoms with Crippen molar-refractivity contribution in [1.82, 2.24) is 4.98 Å². The number of hydrogen-bond donors (Lipinski definition) is 1. The third-order valence-electron chi connectivity index (χ3n) is 1.97. The van der Waals surface area contributed by atoms with Crippen LogP contribution >= 0.6 is 22.9 Å². The highest BCUT2D eigenvalue weighted by molar-refractivity contribution is 7.14. The van der Waals surface area contributed by atoms with Crippen molar-refractivity contribution >= 4 is 22.9 Å². The first-order valence-electron chi connectivity index (χ1n) is 4.66. The second kappa shape index (κ2) is 5.04. The molecule has 0 aliphatic rings. The standard InChI is InChI=1S/C11H7ClN2O2S/c12-8-3-1-7(2-4-8)6-16-11-14-10(15)9(5-13)17-11/h1-4,15H,6H2. The van der Waals surface area contributed by atoms with Crippen molar-refractivity contribution in [3.8, 4) is 17.1 Å². The predicted octanol–water partition coefficient (Wildman–Crippen LogP) is 2.95. The van der Waals surface area contributed by atoms with Gasteiger partial charge in [0, 0.05) is 5.02 Å². The fourth-order valence-electron chi connectivity index (χ4n) is 1.15. The molecule has 1 N–H and O–H groups in total. The Hall–Kier alpha value is -1.77. The fourth-order valence-corrected chi connectivity index (χ4v) is 1.89. The van der Waals surface area contributed by atoms with Gasteiger partial charge in [-0.05, 0) is 17.7 Å². The van der Waals surface area contributed by atoms with Gasteiger partial charge in [-0.25, -0.2) is 0 Å². The Kier molecular flexibility index (Phi) is 3.47. The lowest BCUT2D eigenvalue weighted by atomic mass is 10.2. The summed E-state index contributed by atoms with van der Waals surface area (Å²) in [5.74, 6) is -0.288. The van der Waals surface area contributed by atoms with E-state index in [1.54, 1.807) is 12.1 Å². The van der Waals surface area contributed by atoms with Gasteiger partial charge < -0.3 is 9.84 Å². The maximum Gasteiger partial charge on any atom is 0.278 e. The van der Waals surface area contributed by atoms with Crippen LogP contribution < -0.4 is 4.74 Å². The van der Waals surface area contributed by atoms with E-state index in [1.807, 2.05) is 18.2 Å². The summed E-state index contributed by atoms with van der Waals surface area (Å²) in [5.41, 5.74) is 0.933. The number of nitriles is 1. The summed E-state index contributed by atoms with van der Waals surface area (Å²) in [6.45, 7) is 0.314. The number of thiazole rings is 1. The Labute approximate surface area is 107 Å². The maximum absolute atomic E-state index is 9.24. The van der Waals surface area contributed by atoms with E-state index in [1.165, 1.54) is 0 Å². The summed E-state index contributed by atoms with van der Waals surface area (Å²) < 4.78 is 5.35. The van der Waals surface area contributed by atoms with Crippen LogP contribution in [0.15, 0.2) is 24.3 Å². The summed E-state index contributed by atoms with van der Waals surface area (Å²) in [4.78, 5) is 3.87. The van der Waals surface area contributed by atoms with Gasteiger partial charge in [0.05, 0.1) is 0 Å². The van der Waals surface area contributed by atoms with Gasteiger partial charge in [0.2, 0.25) is 5.88 Å². The van der Waals surface area contributed by atoms with E-state index >= 15 is 0 Å². The molecular formula is C11H7ClN2O2S. The highest BCUT2D eigenvalue weighted by Crippen LogP contribution is 2.29. The molecule has 0 amide bonds. The minimum Gasteiger partial charge on any atom is -0.492 e. The molecule has 1 heterocycles. The molecule has 2 aromatic rings. The van der Waals surface area contributed by atoms with E-state index in [0.717, 1.165) is 16.9 Å². The van der Waals surface area contributed by atoms with E-state index in [9.17, 15) is 5.11 Å². The van der Waals surface area contributed by atoms with Crippen molar-refractivity contribution in [3.63, 3.8) is 0 Å². The van der Waals surface area contributed by atoms with Crippen LogP contribution in [0.1, 0.15) is 10.4 Å². The summed E-state index contributed by atoms with van der Waals surface area (Å²) in [5, 5.41) is 18.8. The van der Waals surface area contributed by atoms with Crippen molar-refractivity contribution in [2.24, 2.45) is 0 Å². The van der Waals surface area contributed by atoms with E-state index in [4.69, 9.17) is 21.6 Å². The van der Waals surface area contributed by atoms with Crippen molar-refractivity contribution < 1.29 is 9.84 Å². The molecule has 0 spiro atoms. The Morgan fingerprint density at radius 2 is 2.12 bits per heavy atom. The topological polar surface area (TPSA) is 66.1 Å². The lowest BCUT2D eigenvalue weighted by molar-refractivity contribution is 0.300. The first kappa shape index (κ1) is 11.7. The first-order valence-corrected chi connectivity index (χ1v) is 5.85. The van der Waals surface area contributed by atoms with Crippen LogP contribution in [0.2, 0.25) is 5.02 Å². The second-order valence-corrected chi connectivity index (χ2v) is 4.56. The van der Waals surface area contributed by atoms with E-state index in [2.05, 4.69) is 4.98 Å². The molecule has 6 heteroatoms. The van der Waals surface area contributed by atoms with Gasteiger partial charge in [0.1, 0.15) is 12.7 Å². The minimum atomic E-state index is -0.288. The van der Waals surface area contributed by atoms with Crippen molar-refractivity contribution in [1.29, 1.82) is 5.26 Å². The van der Waals surface area contributed by atoms with Gasteiger partial charge >= 0.3 is 0 Å². The molecular weight excluding hydrogens is 260 g/mol. The fraction of sp³-hybridized carbons (Fsp3) is 0.0909. The van der Waals surface area contributed by atoms with Crippen LogP contribution in [-0.2, 0) is 6.61 Å². The summed E-state index contributed by atoms with van der Waals surface area (Å²) >= 11 is 6.76. The minimum absolute atomic E-state index is 0.149. The molecule has 0 bridgehead atoms. The molecule has 86 valence electrons. The van der Waals surface area contributed by atoms with Crippen LogP contribution in [0.4, 0.5) is 0 Å². The smallest absolute Gasteiger partial charge is 0.278 e. The molecule has 1 aromatic carbocycles. The molecule has 1 aromatic heterocycles. The zero-order chi connectivity index (χ0) is 12.3. The predicted molar refractivity (Wildman–Crippen MR) is 64.3 cm³/mol. The first-order chi connectivity index (χ1) is 8.19. The molecule has 17 heavy (non-hydrogen) atoms. The van der Waals surface area contributed by atoms with Gasteiger partial charge in [-0.1, -0.05) is 35.1 Å². The number of hydrogen-bond acceptors (Lipinski definition) is 5. The Morgan fingerprint density at radius 1 is 1.41 bits per heavy atom. The maximum atomic E-state index is 9.24. The van der Waals surface area contributed by atoms with Gasteiger partial charge in [0.25, 0.3) is 5.19 Å². The van der Waals surface area contributed by atoms with Crippen LogP contribution in [0.3, 0.4) is 0 Å². The molecule has 2 rings (SSSR count). The molecule has 0 unspecified atom stereocenters. The van der Waals surface area contributed by atoms with Gasteiger partial charge in [-0.3, -0.25) is 0 Å². The van der Waals surface area contributed by atoms with E-state index in [0.29, 0.717) is 11.6 Å². The molecule has 0 aliphatic carbocycles. The number of aromatic nitrogens is 1. The third kappa shape index (κ3) is 2.87. The lowest BCUT2D eigenvalue weighted by Crippen LogP contribution is -1.94. The van der Waals surface area contributed by atoms with Crippen molar-refractivity contribution in [3.05, 3.63) is 39.7 Å². The zero-order valence-corrected chi connectivity index (χ0v) is 10.1. The quantitative estimate of drug-likeness (QED) is 0.927. The van der Waals surface area contributed by atoms with E-state index in [-0.39, 0.29) is 16.0 Å². The molecule has 0 fully saturated rings. The largest absolute Gasteiger partial charge is 0.492 e. The highest BCUT2D eigenvalue weighted by Gasteiger charge is 2.10. The second-order valence-electron chi connectivity index (χ2n) is 3.16. The molecule has 0 radical (unpaired) electrons.